The van der Waals surface area contributed by atoms with Gasteiger partial charge in [-0.1, -0.05) is 24.3 Å². The molecular weight excluding hydrogens is 214 g/mol. The number of aliphatic hydroxyl groups excluding tert-OH is 1. The zero-order valence-electron chi connectivity index (χ0n) is 9.97. The van der Waals surface area contributed by atoms with E-state index in [-0.39, 0.29) is 0 Å². The molecule has 0 saturated carbocycles. The van der Waals surface area contributed by atoms with Gasteiger partial charge in [-0.05, 0) is 13.0 Å². The number of aromatic nitrogens is 1. The summed E-state index contributed by atoms with van der Waals surface area (Å²) in [5.41, 5.74) is 1.75. The molecule has 1 heterocycles. The van der Waals surface area contributed by atoms with Crippen LogP contribution in [-0.2, 0) is 4.74 Å². The van der Waals surface area contributed by atoms with E-state index >= 15 is 0 Å². The van der Waals surface area contributed by atoms with E-state index in [4.69, 9.17) is 4.74 Å². The molecule has 0 aliphatic carbocycles. The Bertz CT molecular complexity index is 479. The minimum atomic E-state index is -0.514. The van der Waals surface area contributed by atoms with E-state index in [2.05, 4.69) is 4.98 Å². The third-order valence-corrected chi connectivity index (χ3v) is 2.76. The molecule has 3 nitrogen and oxygen atoms in total. The van der Waals surface area contributed by atoms with Gasteiger partial charge in [0.05, 0.1) is 11.6 Å². The quantitative estimate of drug-likeness (QED) is 0.804. The van der Waals surface area contributed by atoms with Crippen LogP contribution in [0.5, 0.6) is 0 Å². The summed E-state index contributed by atoms with van der Waals surface area (Å²) in [5, 5.41) is 11.2. The minimum Gasteiger partial charge on any atom is -0.388 e. The largest absolute Gasteiger partial charge is 0.388 e. The van der Waals surface area contributed by atoms with E-state index in [1.54, 1.807) is 6.20 Å². The molecule has 0 radical (unpaired) electrons. The van der Waals surface area contributed by atoms with Crippen LogP contribution in [-0.4, -0.2) is 23.3 Å². The van der Waals surface area contributed by atoms with Crippen molar-refractivity contribution >= 4 is 10.9 Å². The molecule has 1 unspecified atom stereocenters. The predicted octanol–water partition coefficient (Wildman–Crippen LogP) is 2.69. The highest BCUT2D eigenvalue weighted by Crippen LogP contribution is 2.24. The van der Waals surface area contributed by atoms with Gasteiger partial charge in [-0.25, -0.2) is 0 Å². The Labute approximate surface area is 101 Å². The van der Waals surface area contributed by atoms with Crippen molar-refractivity contribution in [2.75, 3.05) is 13.2 Å². The summed E-state index contributed by atoms with van der Waals surface area (Å²) in [6, 6.07) is 9.77. The molecule has 0 fully saturated rings. The van der Waals surface area contributed by atoms with Gasteiger partial charge in [-0.2, -0.15) is 0 Å². The fourth-order valence-electron chi connectivity index (χ4n) is 1.89. The van der Waals surface area contributed by atoms with Crippen LogP contribution in [0.1, 0.15) is 25.0 Å². The molecule has 0 bridgehead atoms. The van der Waals surface area contributed by atoms with Crippen LogP contribution in [0.2, 0.25) is 0 Å². The Balaban J connectivity index is 2.22. The van der Waals surface area contributed by atoms with E-state index in [1.807, 2.05) is 37.3 Å². The lowest BCUT2D eigenvalue weighted by molar-refractivity contribution is 0.0892. The number of hydrogen-bond donors (Lipinski definition) is 1. The van der Waals surface area contributed by atoms with Gasteiger partial charge in [0.2, 0.25) is 0 Å². The van der Waals surface area contributed by atoms with Crippen LogP contribution in [0.4, 0.5) is 0 Å². The number of fused-ring (bicyclic) bond motifs is 1. The molecular formula is C14H17NO2. The summed E-state index contributed by atoms with van der Waals surface area (Å²) in [6.45, 7) is 3.20. The summed E-state index contributed by atoms with van der Waals surface area (Å²) in [6.07, 6.45) is 1.84. The Kier molecular flexibility index (Phi) is 4.07. The fraction of sp³-hybridized carbons (Fsp3) is 0.357. The first-order valence-electron chi connectivity index (χ1n) is 5.92. The third-order valence-electron chi connectivity index (χ3n) is 2.76. The van der Waals surface area contributed by atoms with Crippen LogP contribution < -0.4 is 0 Å². The van der Waals surface area contributed by atoms with Gasteiger partial charge in [0, 0.05) is 36.8 Å². The fourth-order valence-corrected chi connectivity index (χ4v) is 1.89. The molecule has 3 heteroatoms. The van der Waals surface area contributed by atoms with Gasteiger partial charge in [0.15, 0.2) is 0 Å². The minimum absolute atomic E-state index is 0.514. The number of benzene rings is 1. The highest BCUT2D eigenvalue weighted by molar-refractivity contribution is 5.81. The monoisotopic (exact) mass is 231 g/mol. The maximum absolute atomic E-state index is 10.1. The predicted molar refractivity (Wildman–Crippen MR) is 67.8 cm³/mol. The topological polar surface area (TPSA) is 42.4 Å². The molecule has 0 saturated heterocycles. The summed E-state index contributed by atoms with van der Waals surface area (Å²) in [5.74, 6) is 0. The van der Waals surface area contributed by atoms with E-state index in [9.17, 15) is 5.11 Å². The van der Waals surface area contributed by atoms with Gasteiger partial charge >= 0.3 is 0 Å². The maximum Gasteiger partial charge on any atom is 0.0833 e. The van der Waals surface area contributed by atoms with Crippen molar-refractivity contribution in [1.29, 1.82) is 0 Å². The third kappa shape index (κ3) is 2.81. The number of aliphatic hydroxyl groups is 1. The average Bonchev–Trinajstić information content (AvgIpc) is 2.38. The average molecular weight is 231 g/mol. The SMILES string of the molecule is CCOCCC(O)c1cccc2cccnc12. The van der Waals surface area contributed by atoms with Gasteiger partial charge in [-0.3, -0.25) is 4.98 Å². The van der Waals surface area contributed by atoms with Gasteiger partial charge in [0.1, 0.15) is 0 Å². The number of rotatable bonds is 5. The second kappa shape index (κ2) is 5.75. The number of para-hydroxylation sites is 1. The lowest BCUT2D eigenvalue weighted by Gasteiger charge is -2.12. The molecule has 1 atom stereocenters. The van der Waals surface area contributed by atoms with Crippen molar-refractivity contribution in [2.24, 2.45) is 0 Å². The van der Waals surface area contributed by atoms with E-state index in [1.165, 1.54) is 0 Å². The van der Waals surface area contributed by atoms with Crippen LogP contribution in [0, 0.1) is 0 Å². The molecule has 2 rings (SSSR count). The highest BCUT2D eigenvalue weighted by atomic mass is 16.5. The standard InChI is InChI=1S/C14H17NO2/c1-2-17-10-8-13(16)12-7-3-5-11-6-4-9-15-14(11)12/h3-7,9,13,16H,2,8,10H2,1H3. The van der Waals surface area contributed by atoms with Crippen molar-refractivity contribution in [2.45, 2.75) is 19.4 Å². The second-order valence-corrected chi connectivity index (χ2v) is 3.92. The molecule has 1 aromatic heterocycles. The van der Waals surface area contributed by atoms with Crippen LogP contribution >= 0.6 is 0 Å². The summed E-state index contributed by atoms with van der Waals surface area (Å²) in [7, 11) is 0. The number of pyridine rings is 1. The molecule has 2 aromatic rings. The van der Waals surface area contributed by atoms with E-state index in [0.29, 0.717) is 19.6 Å². The summed E-state index contributed by atoms with van der Waals surface area (Å²) in [4.78, 5) is 4.33. The zero-order valence-corrected chi connectivity index (χ0v) is 9.97. The molecule has 90 valence electrons. The lowest BCUT2D eigenvalue weighted by Crippen LogP contribution is -2.04. The zero-order chi connectivity index (χ0) is 12.1. The molecule has 0 aliphatic rings. The molecule has 1 N–H and O–H groups in total. The van der Waals surface area contributed by atoms with Crippen LogP contribution in [0.15, 0.2) is 36.5 Å². The highest BCUT2D eigenvalue weighted by Gasteiger charge is 2.11. The van der Waals surface area contributed by atoms with E-state index in [0.717, 1.165) is 16.5 Å². The van der Waals surface area contributed by atoms with Crippen molar-refractivity contribution in [3.63, 3.8) is 0 Å². The summed E-state index contributed by atoms with van der Waals surface area (Å²) >= 11 is 0. The second-order valence-electron chi connectivity index (χ2n) is 3.92. The van der Waals surface area contributed by atoms with Gasteiger partial charge in [-0.15, -0.1) is 0 Å². The molecule has 17 heavy (non-hydrogen) atoms. The van der Waals surface area contributed by atoms with E-state index < -0.39 is 6.10 Å². The normalized spacial score (nSPS) is 12.8. The maximum atomic E-state index is 10.1. The Morgan fingerprint density at radius 2 is 2.12 bits per heavy atom. The van der Waals surface area contributed by atoms with Crippen molar-refractivity contribution in [3.05, 3.63) is 42.1 Å². The molecule has 0 amide bonds. The Morgan fingerprint density at radius 1 is 1.29 bits per heavy atom. The van der Waals surface area contributed by atoms with Crippen molar-refractivity contribution in [3.8, 4) is 0 Å². The Hall–Kier alpha value is -1.45. The smallest absolute Gasteiger partial charge is 0.0833 e. The molecule has 0 aliphatic heterocycles. The van der Waals surface area contributed by atoms with Gasteiger partial charge < -0.3 is 9.84 Å². The molecule has 0 spiro atoms. The first-order chi connectivity index (χ1) is 8.33. The number of ether oxygens (including phenoxy) is 1. The van der Waals surface area contributed by atoms with Crippen LogP contribution in [0.25, 0.3) is 10.9 Å². The first-order valence-corrected chi connectivity index (χ1v) is 5.92. The Morgan fingerprint density at radius 3 is 2.94 bits per heavy atom. The summed E-state index contributed by atoms with van der Waals surface area (Å²) < 4.78 is 5.26. The van der Waals surface area contributed by atoms with Gasteiger partial charge in [0.25, 0.3) is 0 Å². The lowest BCUT2D eigenvalue weighted by atomic mass is 10.0. The first kappa shape index (κ1) is 12.0. The van der Waals surface area contributed by atoms with Crippen molar-refractivity contribution in [1.82, 2.24) is 4.98 Å². The number of nitrogens with zero attached hydrogens (tertiary/aromatic N) is 1. The van der Waals surface area contributed by atoms with Crippen LogP contribution in [0.3, 0.4) is 0 Å². The number of hydrogen-bond acceptors (Lipinski definition) is 3. The van der Waals surface area contributed by atoms with Crippen molar-refractivity contribution < 1.29 is 9.84 Å². The molecule has 1 aromatic carbocycles.